The van der Waals surface area contributed by atoms with Crippen molar-refractivity contribution in [1.82, 2.24) is 10.6 Å². The van der Waals surface area contributed by atoms with Gasteiger partial charge in [0.05, 0.1) is 13.2 Å². The summed E-state index contributed by atoms with van der Waals surface area (Å²) in [6.07, 6.45) is 0.479. The summed E-state index contributed by atoms with van der Waals surface area (Å²) in [5.41, 5.74) is 2.16. The molecule has 1 aromatic carbocycles. The molecule has 0 atom stereocenters. The van der Waals surface area contributed by atoms with Gasteiger partial charge in [-0.25, -0.2) is 4.79 Å². The summed E-state index contributed by atoms with van der Waals surface area (Å²) in [5.74, 6) is -0.855. The lowest BCUT2D eigenvalue weighted by atomic mass is 10.1. The second-order valence-corrected chi connectivity index (χ2v) is 5.33. The summed E-state index contributed by atoms with van der Waals surface area (Å²) < 4.78 is 5.37. The number of carbonyl (C=O) groups excluding carboxylic acids is 1. The lowest BCUT2D eigenvalue weighted by molar-refractivity contribution is -0.137. The highest BCUT2D eigenvalue weighted by atomic mass is 16.5. The average molecular weight is 321 g/mol. The third-order valence-corrected chi connectivity index (χ3v) is 3.64. The van der Waals surface area contributed by atoms with Gasteiger partial charge in [0.15, 0.2) is 0 Å². The lowest BCUT2D eigenvalue weighted by Gasteiger charge is -2.30. The van der Waals surface area contributed by atoms with Crippen molar-refractivity contribution in [2.45, 2.75) is 19.4 Å². The van der Waals surface area contributed by atoms with E-state index in [0.717, 1.165) is 24.3 Å². The van der Waals surface area contributed by atoms with Crippen molar-refractivity contribution in [2.24, 2.45) is 0 Å². The van der Waals surface area contributed by atoms with Crippen LogP contribution < -0.4 is 15.5 Å². The number of carboxylic acids is 1. The molecule has 2 amide bonds. The molecule has 0 spiro atoms. The Labute approximate surface area is 135 Å². The fraction of sp³-hybridized carbons (Fsp3) is 0.500. The van der Waals surface area contributed by atoms with E-state index in [1.807, 2.05) is 24.3 Å². The van der Waals surface area contributed by atoms with Gasteiger partial charge < -0.3 is 25.4 Å². The zero-order valence-electron chi connectivity index (χ0n) is 13.1. The van der Waals surface area contributed by atoms with Gasteiger partial charge in [-0.1, -0.05) is 18.2 Å². The summed E-state index contributed by atoms with van der Waals surface area (Å²) in [5, 5.41) is 14.0. The van der Waals surface area contributed by atoms with Gasteiger partial charge >= 0.3 is 12.0 Å². The maximum absolute atomic E-state index is 11.7. The highest BCUT2D eigenvalue weighted by molar-refractivity contribution is 5.74. The second kappa shape index (κ2) is 8.99. The van der Waals surface area contributed by atoms with Gasteiger partial charge in [0, 0.05) is 38.3 Å². The van der Waals surface area contributed by atoms with E-state index in [9.17, 15) is 9.59 Å². The Morgan fingerprint density at radius 1 is 1.17 bits per heavy atom. The van der Waals surface area contributed by atoms with E-state index in [4.69, 9.17) is 9.84 Å². The molecule has 0 aliphatic carbocycles. The van der Waals surface area contributed by atoms with Crippen molar-refractivity contribution in [3.63, 3.8) is 0 Å². The van der Waals surface area contributed by atoms with Crippen LogP contribution in [0.3, 0.4) is 0 Å². The molecule has 1 fully saturated rings. The molecular formula is C16H23N3O4. The maximum Gasteiger partial charge on any atom is 0.315 e. The number of anilines is 1. The smallest absolute Gasteiger partial charge is 0.315 e. The summed E-state index contributed by atoms with van der Waals surface area (Å²) >= 11 is 0. The van der Waals surface area contributed by atoms with Crippen LogP contribution in [0.5, 0.6) is 0 Å². The Morgan fingerprint density at radius 3 is 2.65 bits per heavy atom. The van der Waals surface area contributed by atoms with Gasteiger partial charge in [-0.05, 0) is 18.1 Å². The Hall–Kier alpha value is -2.28. The van der Waals surface area contributed by atoms with Crippen LogP contribution in [0.4, 0.5) is 10.5 Å². The molecule has 0 unspecified atom stereocenters. The Balaban J connectivity index is 1.80. The molecule has 1 saturated heterocycles. The van der Waals surface area contributed by atoms with Crippen LogP contribution in [0.1, 0.15) is 18.4 Å². The summed E-state index contributed by atoms with van der Waals surface area (Å²) in [6.45, 7) is 3.90. The summed E-state index contributed by atoms with van der Waals surface area (Å²) in [4.78, 5) is 24.4. The van der Waals surface area contributed by atoms with Crippen LogP contribution in [-0.4, -0.2) is 50.0 Å². The zero-order chi connectivity index (χ0) is 16.5. The van der Waals surface area contributed by atoms with E-state index in [-0.39, 0.29) is 12.5 Å². The van der Waals surface area contributed by atoms with Crippen LogP contribution in [0.25, 0.3) is 0 Å². The van der Waals surface area contributed by atoms with Gasteiger partial charge in [-0.15, -0.1) is 0 Å². The van der Waals surface area contributed by atoms with Gasteiger partial charge in [0.2, 0.25) is 0 Å². The number of benzene rings is 1. The molecule has 7 nitrogen and oxygen atoms in total. The summed E-state index contributed by atoms with van der Waals surface area (Å²) in [7, 11) is 0. The minimum absolute atomic E-state index is 0.0557. The number of urea groups is 1. The SMILES string of the molecule is O=C(O)CCCNC(=O)NCc1ccccc1N1CCOCC1. The number of ether oxygens (including phenoxy) is 1. The first-order valence-corrected chi connectivity index (χ1v) is 7.81. The fourth-order valence-corrected chi connectivity index (χ4v) is 2.45. The van der Waals surface area contributed by atoms with Gasteiger partial charge in [0.1, 0.15) is 0 Å². The number of hydrogen-bond acceptors (Lipinski definition) is 4. The molecule has 0 bridgehead atoms. The van der Waals surface area contributed by atoms with E-state index in [2.05, 4.69) is 15.5 Å². The largest absolute Gasteiger partial charge is 0.481 e. The molecule has 1 aliphatic rings. The van der Waals surface area contributed by atoms with Crippen LogP contribution in [-0.2, 0) is 16.1 Å². The predicted molar refractivity (Wildman–Crippen MR) is 86.6 cm³/mol. The minimum atomic E-state index is -0.855. The third-order valence-electron chi connectivity index (χ3n) is 3.64. The highest BCUT2D eigenvalue weighted by Crippen LogP contribution is 2.21. The van der Waals surface area contributed by atoms with Crippen LogP contribution in [0.15, 0.2) is 24.3 Å². The Kier molecular flexibility index (Phi) is 6.68. The molecule has 3 N–H and O–H groups in total. The quantitative estimate of drug-likeness (QED) is 0.656. The number of rotatable bonds is 7. The number of carboxylic acid groups (broad SMARTS) is 1. The molecule has 1 heterocycles. The molecule has 1 aliphatic heterocycles. The minimum Gasteiger partial charge on any atom is -0.481 e. The van der Waals surface area contributed by atoms with Crippen molar-refractivity contribution >= 4 is 17.7 Å². The number of nitrogens with zero attached hydrogens (tertiary/aromatic N) is 1. The van der Waals surface area contributed by atoms with E-state index < -0.39 is 5.97 Å². The molecule has 0 radical (unpaired) electrons. The van der Waals surface area contributed by atoms with Gasteiger partial charge in [-0.3, -0.25) is 4.79 Å². The first kappa shape index (κ1) is 17.1. The van der Waals surface area contributed by atoms with Crippen molar-refractivity contribution in [3.05, 3.63) is 29.8 Å². The van der Waals surface area contributed by atoms with Crippen molar-refractivity contribution in [3.8, 4) is 0 Å². The van der Waals surface area contributed by atoms with Crippen LogP contribution in [0.2, 0.25) is 0 Å². The number of carbonyl (C=O) groups is 2. The third kappa shape index (κ3) is 5.78. The summed E-state index contributed by atoms with van der Waals surface area (Å²) in [6, 6.07) is 7.70. The van der Waals surface area contributed by atoms with Crippen LogP contribution >= 0.6 is 0 Å². The van der Waals surface area contributed by atoms with E-state index in [1.54, 1.807) is 0 Å². The first-order valence-electron chi connectivity index (χ1n) is 7.81. The molecule has 1 aromatic rings. The number of morpholine rings is 1. The number of para-hydroxylation sites is 1. The van der Waals surface area contributed by atoms with Crippen LogP contribution in [0, 0.1) is 0 Å². The number of amides is 2. The predicted octanol–water partition coefficient (Wildman–Crippen LogP) is 1.19. The second-order valence-electron chi connectivity index (χ2n) is 5.33. The lowest BCUT2D eigenvalue weighted by Crippen LogP contribution is -2.38. The van der Waals surface area contributed by atoms with E-state index >= 15 is 0 Å². The molecule has 0 saturated carbocycles. The fourth-order valence-electron chi connectivity index (χ4n) is 2.45. The molecule has 23 heavy (non-hydrogen) atoms. The monoisotopic (exact) mass is 321 g/mol. The Bertz CT molecular complexity index is 530. The van der Waals surface area contributed by atoms with Crippen molar-refractivity contribution < 1.29 is 19.4 Å². The Morgan fingerprint density at radius 2 is 1.91 bits per heavy atom. The number of aliphatic carboxylic acids is 1. The standard InChI is InChI=1S/C16H23N3O4/c20-15(21)6-3-7-17-16(22)18-12-13-4-1-2-5-14(13)19-8-10-23-11-9-19/h1-2,4-5H,3,6-12H2,(H,20,21)(H2,17,18,22). The molecule has 126 valence electrons. The van der Waals surface area contributed by atoms with E-state index in [1.165, 1.54) is 0 Å². The number of hydrogen-bond donors (Lipinski definition) is 3. The molecule has 7 heteroatoms. The average Bonchev–Trinajstić information content (AvgIpc) is 2.58. The normalized spacial score (nSPS) is 14.3. The maximum atomic E-state index is 11.7. The molecule has 2 rings (SSSR count). The first-order chi connectivity index (χ1) is 11.2. The van der Waals surface area contributed by atoms with E-state index in [0.29, 0.717) is 32.7 Å². The van der Waals surface area contributed by atoms with Crippen molar-refractivity contribution in [2.75, 3.05) is 37.7 Å². The van der Waals surface area contributed by atoms with Crippen molar-refractivity contribution in [1.29, 1.82) is 0 Å². The molecular weight excluding hydrogens is 298 g/mol. The number of nitrogens with one attached hydrogen (secondary N) is 2. The highest BCUT2D eigenvalue weighted by Gasteiger charge is 2.14. The van der Waals surface area contributed by atoms with Gasteiger partial charge in [-0.2, -0.15) is 0 Å². The molecule has 0 aromatic heterocycles. The topological polar surface area (TPSA) is 90.9 Å². The van der Waals surface area contributed by atoms with Gasteiger partial charge in [0.25, 0.3) is 0 Å². The zero-order valence-corrected chi connectivity index (χ0v) is 13.1.